The van der Waals surface area contributed by atoms with Crippen LogP contribution in [-0.2, 0) is 19.4 Å². The second-order valence-corrected chi connectivity index (χ2v) is 6.38. The largest absolute Gasteiger partial charge is 0.490 e. The lowest BCUT2D eigenvalue weighted by Crippen LogP contribution is -2.29. The summed E-state index contributed by atoms with van der Waals surface area (Å²) in [5, 5.41) is 2.81. The fourth-order valence-corrected chi connectivity index (χ4v) is 3.28. The first kappa shape index (κ1) is 15.7. The number of aryl methyl sites for hydroxylation is 2. The molecule has 0 atom stereocenters. The molecule has 6 nitrogen and oxygen atoms in total. The van der Waals surface area contributed by atoms with Gasteiger partial charge in [0.2, 0.25) is 0 Å². The monoisotopic (exact) mass is 340 g/mol. The predicted octanol–water partition coefficient (Wildman–Crippen LogP) is 1.95. The van der Waals surface area contributed by atoms with Crippen molar-refractivity contribution < 1.29 is 14.3 Å². The summed E-state index contributed by atoms with van der Waals surface area (Å²) in [5.41, 5.74) is 2.78. The molecule has 0 fully saturated rings. The van der Waals surface area contributed by atoms with E-state index in [2.05, 4.69) is 10.3 Å². The average molecular weight is 340 g/mol. The van der Waals surface area contributed by atoms with E-state index in [0.29, 0.717) is 25.5 Å². The number of hydrogen-bond donors (Lipinski definition) is 2. The molecule has 0 saturated carbocycles. The number of rotatable bonds is 3. The number of aromatic amines is 1. The smallest absolute Gasteiger partial charge is 0.261 e. The van der Waals surface area contributed by atoms with Crippen LogP contribution in [0.15, 0.2) is 29.1 Å². The first-order chi connectivity index (χ1) is 12.2. The Hall–Kier alpha value is -2.76. The molecule has 2 aliphatic rings. The summed E-state index contributed by atoms with van der Waals surface area (Å²) in [6.45, 7) is 1.59. The van der Waals surface area contributed by atoms with E-state index in [-0.39, 0.29) is 17.0 Å². The van der Waals surface area contributed by atoms with Crippen LogP contribution in [0.4, 0.5) is 0 Å². The number of benzene rings is 1. The molecule has 0 spiro atoms. The van der Waals surface area contributed by atoms with Gasteiger partial charge >= 0.3 is 0 Å². The Morgan fingerprint density at radius 2 is 1.92 bits per heavy atom. The van der Waals surface area contributed by atoms with Crippen LogP contribution in [0.2, 0.25) is 0 Å². The topological polar surface area (TPSA) is 80.4 Å². The van der Waals surface area contributed by atoms with Crippen molar-refractivity contribution in [2.45, 2.75) is 32.2 Å². The molecule has 1 aliphatic heterocycles. The molecule has 4 rings (SSSR count). The number of amides is 1. The van der Waals surface area contributed by atoms with Crippen LogP contribution in [0.25, 0.3) is 0 Å². The maximum Gasteiger partial charge on any atom is 0.261 e. The third kappa shape index (κ3) is 3.24. The van der Waals surface area contributed by atoms with Crippen molar-refractivity contribution in [1.82, 2.24) is 10.3 Å². The minimum absolute atomic E-state index is 0.176. The van der Waals surface area contributed by atoms with E-state index in [9.17, 15) is 9.59 Å². The number of aromatic nitrogens is 1. The van der Waals surface area contributed by atoms with Gasteiger partial charge in [-0.1, -0.05) is 6.07 Å². The average Bonchev–Trinajstić information content (AvgIpc) is 2.93. The van der Waals surface area contributed by atoms with E-state index in [1.165, 1.54) is 0 Å². The van der Waals surface area contributed by atoms with Gasteiger partial charge < -0.3 is 19.8 Å². The van der Waals surface area contributed by atoms with E-state index >= 15 is 0 Å². The Kier molecular flexibility index (Phi) is 4.17. The van der Waals surface area contributed by atoms with Crippen LogP contribution in [0.3, 0.4) is 0 Å². The molecule has 2 N–H and O–H groups in total. The van der Waals surface area contributed by atoms with Gasteiger partial charge in [-0.25, -0.2) is 0 Å². The molecule has 0 radical (unpaired) electrons. The number of carbonyl (C=O) groups excluding carboxylic acids is 1. The molecule has 2 heterocycles. The second-order valence-electron chi connectivity index (χ2n) is 6.38. The standard InChI is InChI=1S/C19H20N2O4/c22-18(14-10-13-3-1-4-15(13)21-19(14)23)20-11-12-5-6-16-17(9-12)25-8-2-7-24-16/h5-6,9-10H,1-4,7-8,11H2,(H,20,22)(H,21,23). The zero-order chi connectivity index (χ0) is 17.2. The number of carbonyl (C=O) groups is 1. The number of hydrogen-bond acceptors (Lipinski definition) is 4. The Morgan fingerprint density at radius 1 is 1.08 bits per heavy atom. The summed E-state index contributed by atoms with van der Waals surface area (Å²) in [4.78, 5) is 27.3. The van der Waals surface area contributed by atoms with Crippen LogP contribution < -0.4 is 20.3 Å². The number of fused-ring (bicyclic) bond motifs is 2. The molecule has 1 aromatic heterocycles. The SMILES string of the molecule is O=C(NCc1ccc2c(c1)OCCCO2)c1cc2c([nH]c1=O)CCC2. The highest BCUT2D eigenvalue weighted by Gasteiger charge is 2.18. The summed E-state index contributed by atoms with van der Waals surface area (Å²) in [5.74, 6) is 1.06. The molecule has 25 heavy (non-hydrogen) atoms. The van der Waals surface area contributed by atoms with E-state index in [0.717, 1.165) is 48.3 Å². The zero-order valence-electron chi connectivity index (χ0n) is 13.9. The van der Waals surface area contributed by atoms with Gasteiger partial charge in [0.15, 0.2) is 11.5 Å². The van der Waals surface area contributed by atoms with Gasteiger partial charge in [0, 0.05) is 18.7 Å². The predicted molar refractivity (Wildman–Crippen MR) is 92.3 cm³/mol. The highest BCUT2D eigenvalue weighted by Crippen LogP contribution is 2.30. The van der Waals surface area contributed by atoms with Crippen molar-refractivity contribution in [1.29, 1.82) is 0 Å². The summed E-state index contributed by atoms with van der Waals surface area (Å²) in [7, 11) is 0. The molecule has 0 saturated heterocycles. The molecule has 0 bridgehead atoms. The lowest BCUT2D eigenvalue weighted by atomic mass is 10.1. The van der Waals surface area contributed by atoms with Crippen molar-refractivity contribution in [3.05, 3.63) is 57.0 Å². The summed E-state index contributed by atoms with van der Waals surface area (Å²) in [6.07, 6.45) is 3.66. The van der Waals surface area contributed by atoms with Gasteiger partial charge in [-0.15, -0.1) is 0 Å². The quantitative estimate of drug-likeness (QED) is 0.895. The second kappa shape index (κ2) is 6.63. The van der Waals surface area contributed by atoms with Crippen molar-refractivity contribution >= 4 is 5.91 Å². The lowest BCUT2D eigenvalue weighted by Gasteiger charge is -2.10. The summed E-state index contributed by atoms with van der Waals surface area (Å²) < 4.78 is 11.3. The van der Waals surface area contributed by atoms with Crippen LogP contribution in [0.1, 0.15) is 40.0 Å². The Balaban J connectivity index is 1.47. The molecular formula is C19H20N2O4. The molecule has 6 heteroatoms. The molecule has 1 aromatic carbocycles. The lowest BCUT2D eigenvalue weighted by molar-refractivity contribution is 0.0949. The number of nitrogens with one attached hydrogen (secondary N) is 2. The van der Waals surface area contributed by atoms with E-state index in [4.69, 9.17) is 9.47 Å². The number of H-pyrrole nitrogens is 1. The molecule has 1 aliphatic carbocycles. The maximum atomic E-state index is 12.4. The van der Waals surface area contributed by atoms with Gasteiger partial charge in [0.05, 0.1) is 13.2 Å². The summed E-state index contributed by atoms with van der Waals surface area (Å²) >= 11 is 0. The van der Waals surface area contributed by atoms with E-state index in [1.54, 1.807) is 6.07 Å². The van der Waals surface area contributed by atoms with E-state index in [1.807, 2.05) is 18.2 Å². The van der Waals surface area contributed by atoms with Gasteiger partial charge in [-0.05, 0) is 48.6 Å². The van der Waals surface area contributed by atoms with Gasteiger partial charge in [-0.3, -0.25) is 9.59 Å². The number of ether oxygens (including phenoxy) is 2. The van der Waals surface area contributed by atoms with Crippen LogP contribution >= 0.6 is 0 Å². The molecule has 2 aromatic rings. The van der Waals surface area contributed by atoms with Gasteiger partial charge in [0.1, 0.15) is 5.56 Å². The van der Waals surface area contributed by atoms with Crippen molar-refractivity contribution in [2.24, 2.45) is 0 Å². The minimum Gasteiger partial charge on any atom is -0.490 e. The first-order valence-corrected chi connectivity index (χ1v) is 8.62. The van der Waals surface area contributed by atoms with Gasteiger partial charge in [-0.2, -0.15) is 0 Å². The fraction of sp³-hybridized carbons (Fsp3) is 0.368. The molecule has 1 amide bonds. The third-order valence-electron chi connectivity index (χ3n) is 4.60. The van der Waals surface area contributed by atoms with Crippen molar-refractivity contribution in [2.75, 3.05) is 13.2 Å². The maximum absolute atomic E-state index is 12.4. The normalized spacial score (nSPS) is 15.4. The Morgan fingerprint density at radius 3 is 2.80 bits per heavy atom. The van der Waals surface area contributed by atoms with Crippen LogP contribution in [-0.4, -0.2) is 24.1 Å². The van der Waals surface area contributed by atoms with Crippen LogP contribution in [0.5, 0.6) is 11.5 Å². The highest BCUT2D eigenvalue weighted by molar-refractivity contribution is 5.94. The Labute approximate surface area is 145 Å². The molecular weight excluding hydrogens is 320 g/mol. The number of pyridine rings is 1. The zero-order valence-corrected chi connectivity index (χ0v) is 13.9. The van der Waals surface area contributed by atoms with Crippen molar-refractivity contribution in [3.8, 4) is 11.5 Å². The van der Waals surface area contributed by atoms with E-state index < -0.39 is 0 Å². The highest BCUT2D eigenvalue weighted by atomic mass is 16.5. The Bertz CT molecular complexity index is 872. The third-order valence-corrected chi connectivity index (χ3v) is 4.60. The molecule has 130 valence electrons. The minimum atomic E-state index is -0.358. The first-order valence-electron chi connectivity index (χ1n) is 8.62. The van der Waals surface area contributed by atoms with Crippen LogP contribution in [0, 0.1) is 0 Å². The van der Waals surface area contributed by atoms with Crippen molar-refractivity contribution in [3.63, 3.8) is 0 Å². The van der Waals surface area contributed by atoms with Gasteiger partial charge in [0.25, 0.3) is 11.5 Å². The molecule has 0 unspecified atom stereocenters. The summed E-state index contributed by atoms with van der Waals surface area (Å²) in [6, 6.07) is 7.34. The fourth-order valence-electron chi connectivity index (χ4n) is 3.28.